The van der Waals surface area contributed by atoms with Crippen molar-refractivity contribution in [2.75, 3.05) is 6.54 Å². The third kappa shape index (κ3) is 4.95. The Labute approximate surface area is 168 Å². The fourth-order valence-electron chi connectivity index (χ4n) is 2.99. The standard InChI is InChI=1S/C22H22N4O3/c1-2-14-26-18-11-7-6-10-17(18)21(22(26)29)25-24-20(28)15-23-19(27)13-12-16-8-4-3-5-9-16/h2-11,29H,1,12-15H2,(H,23,27). The Balaban J connectivity index is 1.60. The van der Waals surface area contributed by atoms with Gasteiger partial charge in [0.2, 0.25) is 11.8 Å². The summed E-state index contributed by atoms with van der Waals surface area (Å²) in [4.78, 5) is 23.9. The molecule has 0 saturated carbocycles. The van der Waals surface area contributed by atoms with Crippen molar-refractivity contribution in [2.45, 2.75) is 19.4 Å². The summed E-state index contributed by atoms with van der Waals surface area (Å²) in [6, 6.07) is 16.9. The Bertz CT molecular complexity index is 1050. The molecule has 0 saturated heterocycles. The molecule has 0 spiro atoms. The molecule has 7 nitrogen and oxygen atoms in total. The molecule has 0 bridgehead atoms. The summed E-state index contributed by atoms with van der Waals surface area (Å²) in [5.74, 6) is -0.921. The molecule has 1 aromatic heterocycles. The summed E-state index contributed by atoms with van der Waals surface area (Å²) in [5, 5.41) is 21.2. The number of allylic oxidation sites excluding steroid dienone is 1. The molecule has 29 heavy (non-hydrogen) atoms. The first-order chi connectivity index (χ1) is 14.1. The number of nitrogens with one attached hydrogen (secondary N) is 1. The molecular weight excluding hydrogens is 368 g/mol. The van der Waals surface area contributed by atoms with E-state index in [-0.39, 0.29) is 30.4 Å². The quantitative estimate of drug-likeness (QED) is 0.451. The van der Waals surface area contributed by atoms with Gasteiger partial charge in [-0.2, -0.15) is 0 Å². The topological polar surface area (TPSA) is 96.0 Å². The summed E-state index contributed by atoms with van der Waals surface area (Å²) >= 11 is 0. The van der Waals surface area contributed by atoms with E-state index >= 15 is 0 Å². The molecule has 3 rings (SSSR count). The van der Waals surface area contributed by atoms with Crippen LogP contribution in [-0.4, -0.2) is 28.0 Å². The van der Waals surface area contributed by atoms with Gasteiger partial charge in [-0.1, -0.05) is 54.6 Å². The van der Waals surface area contributed by atoms with Crippen LogP contribution in [-0.2, 0) is 22.6 Å². The highest BCUT2D eigenvalue weighted by atomic mass is 16.3. The molecule has 7 heteroatoms. The average Bonchev–Trinajstić information content (AvgIpc) is 3.01. The van der Waals surface area contributed by atoms with Crippen molar-refractivity contribution in [3.63, 3.8) is 0 Å². The Kier molecular flexibility index (Phi) is 6.52. The normalized spacial score (nSPS) is 11.0. The molecule has 1 heterocycles. The van der Waals surface area contributed by atoms with Gasteiger partial charge in [-0.3, -0.25) is 9.59 Å². The monoisotopic (exact) mass is 390 g/mol. The van der Waals surface area contributed by atoms with Crippen LogP contribution in [0.2, 0.25) is 0 Å². The molecule has 2 aromatic carbocycles. The maximum atomic E-state index is 12.0. The lowest BCUT2D eigenvalue weighted by atomic mass is 10.1. The van der Waals surface area contributed by atoms with Crippen LogP contribution in [0.1, 0.15) is 12.0 Å². The molecule has 0 aliphatic heterocycles. The van der Waals surface area contributed by atoms with Gasteiger partial charge in [0.05, 0.1) is 5.52 Å². The van der Waals surface area contributed by atoms with Crippen molar-refractivity contribution < 1.29 is 14.7 Å². The van der Waals surface area contributed by atoms with E-state index in [9.17, 15) is 14.7 Å². The first-order valence-electron chi connectivity index (χ1n) is 9.26. The predicted molar refractivity (Wildman–Crippen MR) is 111 cm³/mol. The molecule has 148 valence electrons. The van der Waals surface area contributed by atoms with E-state index in [1.54, 1.807) is 16.7 Å². The minimum atomic E-state index is -0.599. The van der Waals surface area contributed by atoms with Crippen LogP contribution in [0, 0.1) is 0 Å². The molecule has 0 fully saturated rings. The number of aromatic nitrogens is 1. The molecule has 3 aromatic rings. The maximum absolute atomic E-state index is 12.0. The van der Waals surface area contributed by atoms with Gasteiger partial charge in [-0.25, -0.2) is 0 Å². The van der Waals surface area contributed by atoms with Crippen molar-refractivity contribution in [1.82, 2.24) is 9.88 Å². The molecule has 0 aliphatic rings. The number of nitrogens with zero attached hydrogens (tertiary/aromatic N) is 3. The highest BCUT2D eigenvalue weighted by Crippen LogP contribution is 2.38. The summed E-state index contributed by atoms with van der Waals surface area (Å²) < 4.78 is 1.63. The van der Waals surface area contributed by atoms with Crippen molar-refractivity contribution in [3.05, 3.63) is 72.8 Å². The van der Waals surface area contributed by atoms with Crippen molar-refractivity contribution in [1.29, 1.82) is 0 Å². The second-order valence-electron chi connectivity index (χ2n) is 6.44. The number of rotatable bonds is 8. The lowest BCUT2D eigenvalue weighted by Gasteiger charge is -2.03. The number of para-hydroxylation sites is 1. The molecule has 2 amide bonds. The van der Waals surface area contributed by atoms with Gasteiger partial charge in [0.1, 0.15) is 6.54 Å². The zero-order chi connectivity index (χ0) is 20.6. The number of aryl methyl sites for hydroxylation is 1. The van der Waals surface area contributed by atoms with E-state index in [1.807, 2.05) is 48.5 Å². The zero-order valence-corrected chi connectivity index (χ0v) is 15.9. The lowest BCUT2D eigenvalue weighted by molar-refractivity contribution is -0.124. The van der Waals surface area contributed by atoms with Crippen LogP contribution in [0.25, 0.3) is 10.9 Å². The van der Waals surface area contributed by atoms with Crippen LogP contribution in [0.15, 0.2) is 77.5 Å². The number of carbonyl (C=O) groups is 2. The average molecular weight is 390 g/mol. The first-order valence-corrected chi connectivity index (χ1v) is 9.26. The highest BCUT2D eigenvalue weighted by molar-refractivity contribution is 5.95. The molecule has 0 atom stereocenters. The zero-order valence-electron chi connectivity index (χ0n) is 15.9. The molecule has 0 aliphatic carbocycles. The van der Waals surface area contributed by atoms with Crippen molar-refractivity contribution in [3.8, 4) is 5.88 Å². The van der Waals surface area contributed by atoms with E-state index in [2.05, 4.69) is 22.1 Å². The second kappa shape index (κ2) is 9.45. The maximum Gasteiger partial charge on any atom is 0.283 e. The number of azo groups is 1. The number of carbonyl (C=O) groups excluding carboxylic acids is 2. The van der Waals surface area contributed by atoms with E-state index < -0.39 is 5.91 Å². The van der Waals surface area contributed by atoms with Crippen LogP contribution >= 0.6 is 0 Å². The van der Waals surface area contributed by atoms with Gasteiger partial charge in [0.15, 0.2) is 5.69 Å². The van der Waals surface area contributed by atoms with Gasteiger partial charge < -0.3 is 15.0 Å². The Morgan fingerprint density at radius 3 is 2.59 bits per heavy atom. The van der Waals surface area contributed by atoms with E-state index in [4.69, 9.17) is 0 Å². The van der Waals surface area contributed by atoms with E-state index in [1.165, 1.54) is 0 Å². The molecular formula is C22H22N4O3. The van der Waals surface area contributed by atoms with E-state index in [0.717, 1.165) is 11.1 Å². The van der Waals surface area contributed by atoms with Gasteiger partial charge in [-0.15, -0.1) is 16.8 Å². The SMILES string of the molecule is C=CCn1c(O)c(N=NC(=O)CNC(=O)CCc2ccccc2)c2ccccc21. The van der Waals surface area contributed by atoms with Gasteiger partial charge in [-0.05, 0) is 18.1 Å². The number of fused-ring (bicyclic) bond motifs is 1. The number of benzene rings is 2. The van der Waals surface area contributed by atoms with E-state index in [0.29, 0.717) is 18.4 Å². The molecule has 0 unspecified atom stereocenters. The number of hydrogen-bond donors (Lipinski definition) is 2. The Hall–Kier alpha value is -3.74. The van der Waals surface area contributed by atoms with Crippen LogP contribution in [0.4, 0.5) is 5.69 Å². The second-order valence-corrected chi connectivity index (χ2v) is 6.44. The van der Waals surface area contributed by atoms with Gasteiger partial charge in [0, 0.05) is 18.4 Å². The van der Waals surface area contributed by atoms with Crippen LogP contribution < -0.4 is 5.32 Å². The van der Waals surface area contributed by atoms with Crippen molar-refractivity contribution >= 4 is 28.4 Å². The number of aromatic hydroxyl groups is 1. The number of amides is 2. The smallest absolute Gasteiger partial charge is 0.283 e. The largest absolute Gasteiger partial charge is 0.493 e. The third-order valence-electron chi connectivity index (χ3n) is 4.41. The van der Waals surface area contributed by atoms with Crippen LogP contribution in [0.5, 0.6) is 5.88 Å². The van der Waals surface area contributed by atoms with Gasteiger partial charge in [0.25, 0.3) is 5.91 Å². The fraction of sp³-hybridized carbons (Fsp3) is 0.182. The Morgan fingerprint density at radius 1 is 1.10 bits per heavy atom. The minimum Gasteiger partial charge on any atom is -0.493 e. The predicted octanol–water partition coefficient (Wildman–Crippen LogP) is 3.89. The Morgan fingerprint density at radius 2 is 1.83 bits per heavy atom. The molecule has 2 N–H and O–H groups in total. The highest BCUT2D eigenvalue weighted by Gasteiger charge is 2.16. The summed E-state index contributed by atoms with van der Waals surface area (Å²) in [7, 11) is 0. The van der Waals surface area contributed by atoms with Gasteiger partial charge >= 0.3 is 0 Å². The first kappa shape index (κ1) is 20.0. The third-order valence-corrected chi connectivity index (χ3v) is 4.41. The summed E-state index contributed by atoms with van der Waals surface area (Å²) in [6.07, 6.45) is 2.53. The summed E-state index contributed by atoms with van der Waals surface area (Å²) in [5.41, 5.74) is 2.03. The van der Waals surface area contributed by atoms with Crippen LogP contribution in [0.3, 0.4) is 0 Å². The molecule has 0 radical (unpaired) electrons. The number of hydrogen-bond acceptors (Lipinski definition) is 4. The lowest BCUT2D eigenvalue weighted by Crippen LogP contribution is -2.28. The minimum absolute atomic E-state index is 0.0884. The fourth-order valence-corrected chi connectivity index (χ4v) is 2.99. The van der Waals surface area contributed by atoms with Crippen molar-refractivity contribution in [2.24, 2.45) is 10.2 Å². The summed E-state index contributed by atoms with van der Waals surface area (Å²) in [6.45, 7) is 3.83.